The molecule has 0 radical (unpaired) electrons. The van der Waals surface area contributed by atoms with Crippen molar-refractivity contribution in [1.29, 1.82) is 0 Å². The Morgan fingerprint density at radius 3 is 2.88 bits per heavy atom. The van der Waals surface area contributed by atoms with Gasteiger partial charge in [0.1, 0.15) is 11.6 Å². The highest BCUT2D eigenvalue weighted by molar-refractivity contribution is 6.18. The molecule has 0 bridgehead atoms. The molecule has 1 aliphatic rings. The minimum Gasteiger partial charge on any atom is -0.352 e. The molecule has 4 heteroatoms. The maximum Gasteiger partial charge on any atom is 0.132 e. The molecule has 88 valence electrons. The maximum absolute atomic E-state index is 6.02. The number of nitrogens with zero attached hydrogens (tertiary/aromatic N) is 3. The van der Waals surface area contributed by atoms with Crippen LogP contribution in [0.3, 0.4) is 0 Å². The monoisotopic (exact) mass is 239 g/mol. The van der Waals surface area contributed by atoms with Crippen LogP contribution >= 0.6 is 11.6 Å². The van der Waals surface area contributed by atoms with Gasteiger partial charge in [0.25, 0.3) is 0 Å². The summed E-state index contributed by atoms with van der Waals surface area (Å²) in [6, 6.07) is 2.49. The summed E-state index contributed by atoms with van der Waals surface area (Å²) in [5.74, 6) is 2.56. The molecule has 0 N–H and O–H groups in total. The highest BCUT2D eigenvalue weighted by atomic mass is 35.5. The molecule has 0 saturated carbocycles. The van der Waals surface area contributed by atoms with Gasteiger partial charge in [-0.1, -0.05) is 0 Å². The molecule has 0 aromatic carbocycles. The van der Waals surface area contributed by atoms with E-state index in [1.807, 2.05) is 13.8 Å². The lowest BCUT2D eigenvalue weighted by atomic mass is 10.0. The van der Waals surface area contributed by atoms with Crippen LogP contribution in [0.1, 0.15) is 30.8 Å². The topological polar surface area (TPSA) is 29.0 Å². The summed E-state index contributed by atoms with van der Waals surface area (Å²) in [6.45, 7) is 5.02. The van der Waals surface area contributed by atoms with E-state index in [4.69, 9.17) is 11.6 Å². The lowest BCUT2D eigenvalue weighted by Crippen LogP contribution is -2.41. The van der Waals surface area contributed by atoms with Crippen LogP contribution in [0.2, 0.25) is 0 Å². The summed E-state index contributed by atoms with van der Waals surface area (Å²) >= 11 is 6.02. The molecule has 1 aromatic rings. The van der Waals surface area contributed by atoms with Gasteiger partial charge in [0.2, 0.25) is 0 Å². The molecule has 1 atom stereocenters. The number of aryl methyl sites for hydroxylation is 2. The zero-order valence-corrected chi connectivity index (χ0v) is 10.7. The molecule has 3 nitrogen and oxygen atoms in total. The second-order valence-electron chi connectivity index (χ2n) is 4.41. The highest BCUT2D eigenvalue weighted by Gasteiger charge is 2.23. The number of piperidine rings is 1. The highest BCUT2D eigenvalue weighted by Crippen LogP contribution is 2.24. The number of anilines is 1. The molecule has 1 unspecified atom stereocenters. The Morgan fingerprint density at radius 2 is 2.19 bits per heavy atom. The number of alkyl halides is 1. The van der Waals surface area contributed by atoms with Crippen LogP contribution in [-0.2, 0) is 0 Å². The molecule has 1 aliphatic heterocycles. The van der Waals surface area contributed by atoms with Gasteiger partial charge in [0, 0.05) is 30.2 Å². The predicted molar refractivity (Wildman–Crippen MR) is 67.2 cm³/mol. The zero-order valence-electron chi connectivity index (χ0n) is 9.91. The van der Waals surface area contributed by atoms with Gasteiger partial charge in [-0.2, -0.15) is 0 Å². The molecular weight excluding hydrogens is 222 g/mol. The SMILES string of the molecule is Cc1cc(N2CCCCC2CCl)nc(C)n1. The maximum atomic E-state index is 6.02. The van der Waals surface area contributed by atoms with E-state index >= 15 is 0 Å². The first-order chi connectivity index (χ1) is 7.70. The Morgan fingerprint density at radius 1 is 1.38 bits per heavy atom. The van der Waals surface area contributed by atoms with Gasteiger partial charge >= 0.3 is 0 Å². The Kier molecular flexibility index (Phi) is 3.64. The number of hydrogen-bond donors (Lipinski definition) is 0. The lowest BCUT2D eigenvalue weighted by molar-refractivity contribution is 0.483. The van der Waals surface area contributed by atoms with Gasteiger partial charge in [-0.3, -0.25) is 0 Å². The third kappa shape index (κ3) is 2.46. The van der Waals surface area contributed by atoms with E-state index < -0.39 is 0 Å². The van der Waals surface area contributed by atoms with Crippen LogP contribution in [-0.4, -0.2) is 28.4 Å². The van der Waals surface area contributed by atoms with E-state index in [0.29, 0.717) is 11.9 Å². The van der Waals surface area contributed by atoms with Crippen LogP contribution in [0.5, 0.6) is 0 Å². The first kappa shape index (κ1) is 11.6. The zero-order chi connectivity index (χ0) is 11.5. The van der Waals surface area contributed by atoms with E-state index in [9.17, 15) is 0 Å². The Hall–Kier alpha value is -0.830. The molecule has 2 rings (SSSR count). The standard InChI is InChI=1S/C12H18ClN3/c1-9-7-12(15-10(2)14-9)16-6-4-3-5-11(16)8-13/h7,11H,3-6,8H2,1-2H3. The van der Waals surface area contributed by atoms with Crippen molar-refractivity contribution in [1.82, 2.24) is 9.97 Å². The summed E-state index contributed by atoms with van der Waals surface area (Å²) in [6.07, 6.45) is 3.68. The van der Waals surface area contributed by atoms with E-state index in [2.05, 4.69) is 20.9 Å². The first-order valence-electron chi connectivity index (χ1n) is 5.85. The van der Waals surface area contributed by atoms with E-state index in [1.165, 1.54) is 19.3 Å². The van der Waals surface area contributed by atoms with Crippen molar-refractivity contribution < 1.29 is 0 Å². The number of hydrogen-bond acceptors (Lipinski definition) is 3. The van der Waals surface area contributed by atoms with Crippen molar-refractivity contribution in [2.45, 2.75) is 39.2 Å². The molecule has 0 aliphatic carbocycles. The van der Waals surface area contributed by atoms with Gasteiger partial charge in [0.15, 0.2) is 0 Å². The van der Waals surface area contributed by atoms with E-state index in [0.717, 1.165) is 23.9 Å². The van der Waals surface area contributed by atoms with Gasteiger partial charge in [-0.05, 0) is 33.1 Å². The third-order valence-corrected chi connectivity index (χ3v) is 3.41. The minimum absolute atomic E-state index is 0.434. The van der Waals surface area contributed by atoms with Gasteiger partial charge in [0.05, 0.1) is 0 Å². The number of aromatic nitrogens is 2. The van der Waals surface area contributed by atoms with Crippen molar-refractivity contribution in [3.05, 3.63) is 17.6 Å². The second-order valence-corrected chi connectivity index (χ2v) is 4.72. The van der Waals surface area contributed by atoms with Crippen molar-refractivity contribution >= 4 is 17.4 Å². The van der Waals surface area contributed by atoms with Gasteiger partial charge < -0.3 is 4.90 Å². The normalized spacial score (nSPS) is 21.2. The van der Waals surface area contributed by atoms with Crippen molar-refractivity contribution in [3.8, 4) is 0 Å². The van der Waals surface area contributed by atoms with Crippen LogP contribution in [0, 0.1) is 13.8 Å². The molecule has 0 spiro atoms. The summed E-state index contributed by atoms with van der Waals surface area (Å²) in [4.78, 5) is 11.2. The quantitative estimate of drug-likeness (QED) is 0.743. The Balaban J connectivity index is 2.26. The van der Waals surface area contributed by atoms with Crippen LogP contribution < -0.4 is 4.90 Å². The molecule has 2 heterocycles. The molecule has 1 aromatic heterocycles. The summed E-state index contributed by atoms with van der Waals surface area (Å²) < 4.78 is 0. The summed E-state index contributed by atoms with van der Waals surface area (Å²) in [5.41, 5.74) is 1.03. The molecule has 0 amide bonds. The van der Waals surface area contributed by atoms with Crippen molar-refractivity contribution in [2.24, 2.45) is 0 Å². The smallest absolute Gasteiger partial charge is 0.132 e. The fourth-order valence-corrected chi connectivity index (χ4v) is 2.63. The summed E-state index contributed by atoms with van der Waals surface area (Å²) in [5, 5.41) is 0. The Labute approximate surface area is 102 Å². The average molecular weight is 240 g/mol. The summed E-state index contributed by atoms with van der Waals surface area (Å²) in [7, 11) is 0. The predicted octanol–water partition coefficient (Wildman–Crippen LogP) is 2.69. The molecule has 1 fully saturated rings. The van der Waals surface area contributed by atoms with Gasteiger partial charge in [-0.15, -0.1) is 11.6 Å². The number of halogens is 1. The minimum atomic E-state index is 0.434. The van der Waals surface area contributed by atoms with Crippen molar-refractivity contribution in [3.63, 3.8) is 0 Å². The first-order valence-corrected chi connectivity index (χ1v) is 6.39. The number of rotatable bonds is 2. The fourth-order valence-electron chi connectivity index (χ4n) is 2.31. The average Bonchev–Trinajstić information content (AvgIpc) is 2.27. The van der Waals surface area contributed by atoms with Crippen LogP contribution in [0.15, 0.2) is 6.07 Å². The third-order valence-electron chi connectivity index (χ3n) is 3.05. The van der Waals surface area contributed by atoms with Crippen LogP contribution in [0.25, 0.3) is 0 Å². The van der Waals surface area contributed by atoms with Gasteiger partial charge in [-0.25, -0.2) is 9.97 Å². The van der Waals surface area contributed by atoms with Crippen molar-refractivity contribution in [2.75, 3.05) is 17.3 Å². The molecule has 1 saturated heterocycles. The Bertz CT molecular complexity index is 347. The molecular formula is C12H18ClN3. The largest absolute Gasteiger partial charge is 0.352 e. The van der Waals surface area contributed by atoms with E-state index in [-0.39, 0.29) is 0 Å². The lowest BCUT2D eigenvalue weighted by Gasteiger charge is -2.35. The van der Waals surface area contributed by atoms with E-state index in [1.54, 1.807) is 0 Å². The fraction of sp³-hybridized carbons (Fsp3) is 0.667. The second kappa shape index (κ2) is 5.00. The molecule has 16 heavy (non-hydrogen) atoms. The van der Waals surface area contributed by atoms with Crippen LogP contribution in [0.4, 0.5) is 5.82 Å².